The van der Waals surface area contributed by atoms with Crippen molar-refractivity contribution >= 4 is 11.8 Å². The zero-order chi connectivity index (χ0) is 13.5. The molecule has 104 valence electrons. The molecule has 1 heterocycles. The number of nitrogens with one attached hydrogen (secondary N) is 1. The molecule has 1 fully saturated rings. The number of hydrogen-bond acceptors (Lipinski definition) is 4. The van der Waals surface area contributed by atoms with E-state index in [0.29, 0.717) is 32.4 Å². The second-order valence-corrected chi connectivity index (χ2v) is 4.76. The molecule has 1 aliphatic heterocycles. The molecule has 0 aliphatic carbocycles. The van der Waals surface area contributed by atoms with Gasteiger partial charge in [0.2, 0.25) is 11.8 Å². The summed E-state index contributed by atoms with van der Waals surface area (Å²) in [5.41, 5.74) is 5.79. The van der Waals surface area contributed by atoms with Gasteiger partial charge in [-0.1, -0.05) is 0 Å². The quantitative estimate of drug-likeness (QED) is 0.627. The number of carbonyl (C=O) groups is 2. The van der Waals surface area contributed by atoms with Crippen LogP contribution in [-0.4, -0.2) is 56.1 Å². The van der Waals surface area contributed by atoms with E-state index in [9.17, 15) is 9.59 Å². The largest absolute Gasteiger partial charge is 0.385 e. The lowest BCUT2D eigenvalue weighted by molar-refractivity contribution is -0.134. The normalized spacial score (nSPS) is 21.8. The SMILES string of the molecule is COCCCC(N)C(=O)NC1CCC(=O)N(C)C1. The van der Waals surface area contributed by atoms with Gasteiger partial charge in [-0.2, -0.15) is 0 Å². The number of nitrogens with two attached hydrogens (primary N) is 1. The topological polar surface area (TPSA) is 84.7 Å². The molecule has 0 saturated carbocycles. The van der Waals surface area contributed by atoms with Crippen LogP contribution in [0.2, 0.25) is 0 Å². The first-order valence-electron chi connectivity index (χ1n) is 6.33. The molecular formula is C12H23N3O3. The average molecular weight is 257 g/mol. The third-order valence-electron chi connectivity index (χ3n) is 3.17. The Hall–Kier alpha value is -1.14. The molecule has 0 bridgehead atoms. The van der Waals surface area contributed by atoms with Gasteiger partial charge in [-0.25, -0.2) is 0 Å². The third-order valence-corrected chi connectivity index (χ3v) is 3.17. The highest BCUT2D eigenvalue weighted by molar-refractivity contribution is 5.82. The first-order valence-corrected chi connectivity index (χ1v) is 6.33. The van der Waals surface area contributed by atoms with Crippen LogP contribution in [0, 0.1) is 0 Å². The van der Waals surface area contributed by atoms with Crippen molar-refractivity contribution < 1.29 is 14.3 Å². The fourth-order valence-electron chi connectivity index (χ4n) is 2.02. The van der Waals surface area contributed by atoms with Crippen LogP contribution >= 0.6 is 0 Å². The predicted octanol–water partition coefficient (Wildman–Crippen LogP) is -0.523. The summed E-state index contributed by atoms with van der Waals surface area (Å²) in [4.78, 5) is 24.8. The van der Waals surface area contributed by atoms with E-state index in [1.54, 1.807) is 19.1 Å². The Kier molecular flexibility index (Phi) is 6.07. The van der Waals surface area contributed by atoms with Gasteiger partial charge in [0.15, 0.2) is 0 Å². The van der Waals surface area contributed by atoms with Gasteiger partial charge in [-0.3, -0.25) is 9.59 Å². The number of methoxy groups -OCH3 is 1. The van der Waals surface area contributed by atoms with E-state index in [1.807, 2.05) is 0 Å². The number of ether oxygens (including phenoxy) is 1. The molecule has 0 aromatic carbocycles. The van der Waals surface area contributed by atoms with Gasteiger partial charge in [-0.05, 0) is 19.3 Å². The molecule has 2 atom stereocenters. The second kappa shape index (κ2) is 7.33. The highest BCUT2D eigenvalue weighted by Crippen LogP contribution is 2.09. The summed E-state index contributed by atoms with van der Waals surface area (Å²) in [7, 11) is 3.37. The number of hydrogen-bond donors (Lipinski definition) is 2. The Morgan fingerprint density at radius 2 is 2.39 bits per heavy atom. The number of amides is 2. The Morgan fingerprint density at radius 1 is 1.67 bits per heavy atom. The first-order chi connectivity index (χ1) is 8.54. The van der Waals surface area contributed by atoms with E-state index >= 15 is 0 Å². The number of piperidine rings is 1. The van der Waals surface area contributed by atoms with Crippen LogP contribution in [0.5, 0.6) is 0 Å². The fourth-order valence-corrected chi connectivity index (χ4v) is 2.02. The lowest BCUT2D eigenvalue weighted by Gasteiger charge is -2.30. The van der Waals surface area contributed by atoms with Gasteiger partial charge in [0.1, 0.15) is 0 Å². The minimum atomic E-state index is -0.497. The molecule has 2 unspecified atom stereocenters. The predicted molar refractivity (Wildman–Crippen MR) is 67.9 cm³/mol. The summed E-state index contributed by atoms with van der Waals surface area (Å²) in [5.74, 6) is -0.0104. The minimum Gasteiger partial charge on any atom is -0.385 e. The van der Waals surface area contributed by atoms with Crippen LogP contribution in [0.1, 0.15) is 25.7 Å². The van der Waals surface area contributed by atoms with Gasteiger partial charge >= 0.3 is 0 Å². The van der Waals surface area contributed by atoms with Crippen molar-refractivity contribution in [2.24, 2.45) is 5.73 Å². The van der Waals surface area contributed by atoms with Crippen molar-refractivity contribution in [3.05, 3.63) is 0 Å². The van der Waals surface area contributed by atoms with Crippen LogP contribution in [-0.2, 0) is 14.3 Å². The Bertz CT molecular complexity index is 296. The van der Waals surface area contributed by atoms with Gasteiger partial charge in [0.05, 0.1) is 6.04 Å². The zero-order valence-electron chi connectivity index (χ0n) is 11.1. The Balaban J connectivity index is 2.29. The minimum absolute atomic E-state index is 0.0219. The number of likely N-dealkylation sites (N-methyl/N-ethyl adjacent to an activating group) is 1. The monoisotopic (exact) mass is 257 g/mol. The first kappa shape index (κ1) is 14.9. The summed E-state index contributed by atoms with van der Waals surface area (Å²) < 4.78 is 4.92. The summed E-state index contributed by atoms with van der Waals surface area (Å²) in [6.45, 7) is 1.18. The zero-order valence-corrected chi connectivity index (χ0v) is 11.1. The van der Waals surface area contributed by atoms with E-state index in [4.69, 9.17) is 10.5 Å². The molecule has 0 radical (unpaired) electrons. The van der Waals surface area contributed by atoms with E-state index in [-0.39, 0.29) is 17.9 Å². The highest BCUT2D eigenvalue weighted by atomic mass is 16.5. The number of carbonyl (C=O) groups excluding carboxylic acids is 2. The smallest absolute Gasteiger partial charge is 0.237 e. The van der Waals surface area contributed by atoms with Crippen molar-refractivity contribution in [1.82, 2.24) is 10.2 Å². The van der Waals surface area contributed by atoms with Gasteiger partial charge < -0.3 is 20.7 Å². The molecule has 1 aliphatic rings. The molecule has 18 heavy (non-hydrogen) atoms. The maximum absolute atomic E-state index is 11.8. The van der Waals surface area contributed by atoms with E-state index < -0.39 is 6.04 Å². The van der Waals surface area contributed by atoms with Crippen LogP contribution in [0.4, 0.5) is 0 Å². The lowest BCUT2D eigenvalue weighted by atomic mass is 10.0. The van der Waals surface area contributed by atoms with Crippen LogP contribution in [0.3, 0.4) is 0 Å². The van der Waals surface area contributed by atoms with E-state index in [2.05, 4.69) is 5.32 Å². The van der Waals surface area contributed by atoms with E-state index in [0.717, 1.165) is 6.42 Å². The van der Waals surface area contributed by atoms with Crippen molar-refractivity contribution in [2.45, 2.75) is 37.8 Å². The fraction of sp³-hybridized carbons (Fsp3) is 0.833. The molecule has 0 aromatic heterocycles. The van der Waals surface area contributed by atoms with Crippen LogP contribution in [0.15, 0.2) is 0 Å². The molecule has 6 nitrogen and oxygen atoms in total. The molecule has 1 rings (SSSR count). The molecule has 1 saturated heterocycles. The molecule has 6 heteroatoms. The van der Waals surface area contributed by atoms with Gasteiger partial charge in [-0.15, -0.1) is 0 Å². The summed E-state index contributed by atoms with van der Waals surface area (Å²) in [6.07, 6.45) is 2.56. The molecule has 2 amide bonds. The lowest BCUT2D eigenvalue weighted by Crippen LogP contribution is -2.52. The summed E-state index contributed by atoms with van der Waals surface area (Å²) in [6, 6.07) is -0.475. The maximum atomic E-state index is 11.8. The summed E-state index contributed by atoms with van der Waals surface area (Å²) >= 11 is 0. The van der Waals surface area contributed by atoms with Crippen molar-refractivity contribution in [2.75, 3.05) is 27.3 Å². The number of nitrogens with zero attached hydrogens (tertiary/aromatic N) is 1. The highest BCUT2D eigenvalue weighted by Gasteiger charge is 2.25. The van der Waals surface area contributed by atoms with Gasteiger partial charge in [0, 0.05) is 39.8 Å². The second-order valence-electron chi connectivity index (χ2n) is 4.76. The standard InChI is InChI=1S/C12H23N3O3/c1-15-8-9(5-6-11(15)16)14-12(17)10(13)4-3-7-18-2/h9-10H,3-8,13H2,1-2H3,(H,14,17). The van der Waals surface area contributed by atoms with Crippen molar-refractivity contribution in [3.8, 4) is 0 Å². The van der Waals surface area contributed by atoms with Gasteiger partial charge in [0.25, 0.3) is 0 Å². The number of rotatable bonds is 6. The third kappa shape index (κ3) is 4.62. The average Bonchev–Trinajstić information content (AvgIpc) is 2.34. The molecular weight excluding hydrogens is 234 g/mol. The van der Waals surface area contributed by atoms with Crippen molar-refractivity contribution in [3.63, 3.8) is 0 Å². The Labute approximate surface area is 108 Å². The Morgan fingerprint density at radius 3 is 3.00 bits per heavy atom. The molecule has 3 N–H and O–H groups in total. The van der Waals surface area contributed by atoms with E-state index in [1.165, 1.54) is 0 Å². The molecule has 0 spiro atoms. The number of likely N-dealkylation sites (tertiary alicyclic amines) is 1. The summed E-state index contributed by atoms with van der Waals surface area (Å²) in [5, 5.41) is 2.90. The molecule has 0 aromatic rings. The van der Waals surface area contributed by atoms with Crippen molar-refractivity contribution in [1.29, 1.82) is 0 Å². The van der Waals surface area contributed by atoms with Crippen LogP contribution in [0.25, 0.3) is 0 Å². The van der Waals surface area contributed by atoms with Crippen LogP contribution < -0.4 is 11.1 Å². The maximum Gasteiger partial charge on any atom is 0.237 e.